The number of rotatable bonds is 4. The Balaban J connectivity index is 2.11. The molecule has 104 valence electrons. The number of hydrogen-bond acceptors (Lipinski definition) is 2. The third-order valence-corrected chi connectivity index (χ3v) is 3.86. The van der Waals surface area contributed by atoms with Crippen molar-refractivity contribution in [3.05, 3.63) is 62.5 Å². The van der Waals surface area contributed by atoms with E-state index in [0.717, 1.165) is 20.2 Å². The molecule has 0 aromatic heterocycles. The maximum atomic E-state index is 12.1. The molecule has 0 saturated carbocycles. The van der Waals surface area contributed by atoms with E-state index < -0.39 is 0 Å². The minimum Gasteiger partial charge on any atom is -0.380 e. The number of ether oxygens (including phenoxy) is 1. The fraction of sp³-hybridized carbons (Fsp3) is 0.133. The lowest BCUT2D eigenvalue weighted by molar-refractivity contribution is 0.102. The number of methoxy groups -OCH3 is 1. The maximum Gasteiger partial charge on any atom is 0.255 e. The second-order valence-corrected chi connectivity index (χ2v) is 5.98. The molecule has 0 bridgehead atoms. The number of hydrogen-bond donors (Lipinski definition) is 1. The third-order valence-electron chi connectivity index (χ3n) is 2.71. The molecule has 20 heavy (non-hydrogen) atoms. The number of carbonyl (C=O) groups excluding carboxylic acids is 1. The Kier molecular flexibility index (Phi) is 5.34. The molecular weight excluding hydrogens is 386 g/mol. The zero-order valence-electron chi connectivity index (χ0n) is 10.8. The number of nitrogens with one attached hydrogen (secondary N) is 1. The summed E-state index contributed by atoms with van der Waals surface area (Å²) in [7, 11) is 1.64. The van der Waals surface area contributed by atoms with Crippen LogP contribution in [0.5, 0.6) is 0 Å². The van der Waals surface area contributed by atoms with Gasteiger partial charge < -0.3 is 10.1 Å². The molecule has 0 heterocycles. The smallest absolute Gasteiger partial charge is 0.255 e. The van der Waals surface area contributed by atoms with Gasteiger partial charge in [-0.05, 0) is 51.8 Å². The number of amides is 1. The molecule has 1 N–H and O–H groups in total. The predicted octanol–water partition coefficient (Wildman–Crippen LogP) is 4.61. The lowest BCUT2D eigenvalue weighted by Gasteiger charge is -2.08. The first-order valence-corrected chi connectivity index (χ1v) is 7.53. The lowest BCUT2D eigenvalue weighted by Crippen LogP contribution is -2.12. The molecule has 0 saturated heterocycles. The number of halogens is 2. The van der Waals surface area contributed by atoms with Gasteiger partial charge in [-0.3, -0.25) is 4.79 Å². The van der Waals surface area contributed by atoms with Gasteiger partial charge in [-0.1, -0.05) is 28.1 Å². The molecule has 0 aliphatic carbocycles. The Morgan fingerprint density at radius 3 is 2.45 bits per heavy atom. The summed E-state index contributed by atoms with van der Waals surface area (Å²) in [5.41, 5.74) is 2.38. The van der Waals surface area contributed by atoms with E-state index in [9.17, 15) is 4.79 Å². The molecule has 0 spiro atoms. The zero-order valence-corrected chi connectivity index (χ0v) is 14.0. The van der Waals surface area contributed by atoms with Gasteiger partial charge in [-0.25, -0.2) is 0 Å². The Morgan fingerprint density at radius 1 is 1.15 bits per heavy atom. The Labute approximate surface area is 134 Å². The highest BCUT2D eigenvalue weighted by Crippen LogP contribution is 2.26. The Bertz CT molecular complexity index is 612. The van der Waals surface area contributed by atoms with Gasteiger partial charge in [-0.2, -0.15) is 0 Å². The van der Waals surface area contributed by atoms with E-state index in [1.807, 2.05) is 30.3 Å². The van der Waals surface area contributed by atoms with Crippen LogP contribution in [0.4, 0.5) is 5.69 Å². The van der Waals surface area contributed by atoms with Gasteiger partial charge in [-0.15, -0.1) is 0 Å². The Hall–Kier alpha value is -1.17. The zero-order chi connectivity index (χ0) is 14.5. The fourth-order valence-corrected chi connectivity index (χ4v) is 2.85. The first-order valence-electron chi connectivity index (χ1n) is 5.94. The molecule has 0 atom stereocenters. The summed E-state index contributed by atoms with van der Waals surface area (Å²) in [4.78, 5) is 12.1. The minimum atomic E-state index is -0.142. The molecule has 2 aromatic rings. The molecule has 2 rings (SSSR count). The maximum absolute atomic E-state index is 12.1. The van der Waals surface area contributed by atoms with Crippen LogP contribution in [-0.2, 0) is 11.3 Å². The second kappa shape index (κ2) is 7.02. The van der Waals surface area contributed by atoms with Crippen LogP contribution >= 0.6 is 31.9 Å². The summed E-state index contributed by atoms with van der Waals surface area (Å²) in [5, 5.41) is 2.87. The average Bonchev–Trinajstić information content (AvgIpc) is 2.43. The third kappa shape index (κ3) is 3.91. The van der Waals surface area contributed by atoms with E-state index in [1.165, 1.54) is 0 Å². The SMILES string of the molecule is COCc1ccc(C(=O)Nc2ccc(Br)cc2Br)cc1. The van der Waals surface area contributed by atoms with Crippen molar-refractivity contribution >= 4 is 43.5 Å². The van der Waals surface area contributed by atoms with Crippen molar-refractivity contribution in [1.29, 1.82) is 0 Å². The second-order valence-electron chi connectivity index (χ2n) is 4.21. The summed E-state index contributed by atoms with van der Waals surface area (Å²) < 4.78 is 6.82. The van der Waals surface area contributed by atoms with Crippen molar-refractivity contribution in [3.8, 4) is 0 Å². The quantitative estimate of drug-likeness (QED) is 0.816. The fourth-order valence-electron chi connectivity index (χ4n) is 1.70. The van der Waals surface area contributed by atoms with Gasteiger partial charge in [0.05, 0.1) is 12.3 Å². The number of anilines is 1. The van der Waals surface area contributed by atoms with Crippen LogP contribution in [-0.4, -0.2) is 13.0 Å². The minimum absolute atomic E-state index is 0.142. The van der Waals surface area contributed by atoms with Gasteiger partial charge >= 0.3 is 0 Å². The molecule has 3 nitrogen and oxygen atoms in total. The topological polar surface area (TPSA) is 38.3 Å². The average molecular weight is 399 g/mol. The van der Waals surface area contributed by atoms with Crippen molar-refractivity contribution in [3.63, 3.8) is 0 Å². The van der Waals surface area contributed by atoms with Crippen LogP contribution in [0.15, 0.2) is 51.4 Å². The van der Waals surface area contributed by atoms with Gasteiger partial charge in [0.25, 0.3) is 5.91 Å². The van der Waals surface area contributed by atoms with E-state index in [0.29, 0.717) is 12.2 Å². The van der Waals surface area contributed by atoms with Crippen LogP contribution in [0.25, 0.3) is 0 Å². The van der Waals surface area contributed by atoms with E-state index in [-0.39, 0.29) is 5.91 Å². The first-order chi connectivity index (χ1) is 9.60. The van der Waals surface area contributed by atoms with Crippen LogP contribution in [0.3, 0.4) is 0 Å². The largest absolute Gasteiger partial charge is 0.380 e. The van der Waals surface area contributed by atoms with Crippen LogP contribution in [0.1, 0.15) is 15.9 Å². The summed E-state index contributed by atoms with van der Waals surface area (Å²) >= 11 is 6.79. The van der Waals surface area contributed by atoms with Crippen molar-refractivity contribution in [2.75, 3.05) is 12.4 Å². The highest BCUT2D eigenvalue weighted by Gasteiger charge is 2.08. The lowest BCUT2D eigenvalue weighted by atomic mass is 10.1. The number of benzene rings is 2. The number of carbonyl (C=O) groups is 1. The molecular formula is C15H13Br2NO2. The first kappa shape index (κ1) is 15.2. The summed E-state index contributed by atoms with van der Waals surface area (Å²) in [6, 6.07) is 12.9. The molecule has 2 aromatic carbocycles. The van der Waals surface area contributed by atoms with Crippen LogP contribution in [0, 0.1) is 0 Å². The van der Waals surface area contributed by atoms with Crippen molar-refractivity contribution < 1.29 is 9.53 Å². The predicted molar refractivity (Wildman–Crippen MR) is 87.0 cm³/mol. The van der Waals surface area contributed by atoms with E-state index >= 15 is 0 Å². The van der Waals surface area contributed by atoms with Gasteiger partial charge in [0.15, 0.2) is 0 Å². The van der Waals surface area contributed by atoms with Gasteiger partial charge in [0.1, 0.15) is 0 Å². The highest BCUT2D eigenvalue weighted by atomic mass is 79.9. The normalized spacial score (nSPS) is 10.3. The standard InChI is InChI=1S/C15H13Br2NO2/c1-20-9-10-2-4-11(5-3-10)15(19)18-14-7-6-12(16)8-13(14)17/h2-8H,9H2,1H3,(H,18,19). The molecule has 0 aliphatic heterocycles. The van der Waals surface area contributed by atoms with Crippen LogP contribution in [0.2, 0.25) is 0 Å². The van der Waals surface area contributed by atoms with Crippen molar-refractivity contribution in [1.82, 2.24) is 0 Å². The summed E-state index contributed by atoms with van der Waals surface area (Å²) in [5.74, 6) is -0.142. The van der Waals surface area contributed by atoms with E-state index in [4.69, 9.17) is 4.74 Å². The van der Waals surface area contributed by atoms with Gasteiger partial charge in [0, 0.05) is 21.6 Å². The van der Waals surface area contributed by atoms with Crippen molar-refractivity contribution in [2.24, 2.45) is 0 Å². The van der Waals surface area contributed by atoms with Crippen molar-refractivity contribution in [2.45, 2.75) is 6.61 Å². The summed E-state index contributed by atoms with van der Waals surface area (Å²) in [6.45, 7) is 0.542. The van der Waals surface area contributed by atoms with Gasteiger partial charge in [0.2, 0.25) is 0 Å². The Morgan fingerprint density at radius 2 is 1.85 bits per heavy atom. The molecule has 1 amide bonds. The molecule has 0 unspecified atom stereocenters. The molecule has 0 fully saturated rings. The van der Waals surface area contributed by atoms with E-state index in [2.05, 4.69) is 37.2 Å². The monoisotopic (exact) mass is 397 g/mol. The molecule has 5 heteroatoms. The molecule has 0 aliphatic rings. The molecule has 0 radical (unpaired) electrons. The van der Waals surface area contributed by atoms with E-state index in [1.54, 1.807) is 19.2 Å². The van der Waals surface area contributed by atoms with Crippen LogP contribution < -0.4 is 5.32 Å². The highest BCUT2D eigenvalue weighted by molar-refractivity contribution is 9.11. The summed E-state index contributed by atoms with van der Waals surface area (Å²) in [6.07, 6.45) is 0.